The van der Waals surface area contributed by atoms with Crippen LogP contribution in [0.5, 0.6) is 0 Å². The molecule has 1 atom stereocenters. The van der Waals surface area contributed by atoms with Crippen LogP contribution in [0.1, 0.15) is 32.6 Å². The summed E-state index contributed by atoms with van der Waals surface area (Å²) in [5.41, 5.74) is 0. The van der Waals surface area contributed by atoms with Gasteiger partial charge in [0.2, 0.25) is 5.91 Å². The Bertz CT molecular complexity index is 349. The Morgan fingerprint density at radius 1 is 1.44 bits per heavy atom. The molecule has 3 nitrogen and oxygen atoms in total. The number of nitrogens with one attached hydrogen (secondary N) is 1. The first-order valence-electron chi connectivity index (χ1n) is 6.57. The molecule has 1 amide bonds. The lowest BCUT2D eigenvalue weighted by Crippen LogP contribution is -2.42. The Balaban J connectivity index is 2.40. The Labute approximate surface area is 114 Å². The largest absolute Gasteiger partial charge is 0.352 e. The van der Waals surface area contributed by atoms with Gasteiger partial charge in [-0.25, -0.2) is 0 Å². The highest BCUT2D eigenvalue weighted by Crippen LogP contribution is 2.11. The predicted octanol–water partition coefficient (Wildman–Crippen LogP) is 2.73. The van der Waals surface area contributed by atoms with Crippen LogP contribution in [0, 0.1) is 5.92 Å². The molecule has 102 valence electrons. The Morgan fingerprint density at radius 2 is 2.17 bits per heavy atom. The van der Waals surface area contributed by atoms with Crippen LogP contribution in [-0.2, 0) is 11.3 Å². The average Bonchev–Trinajstić information content (AvgIpc) is 2.80. The van der Waals surface area contributed by atoms with Crippen LogP contribution < -0.4 is 5.32 Å². The fourth-order valence-corrected chi connectivity index (χ4v) is 2.32. The van der Waals surface area contributed by atoms with Gasteiger partial charge in [0, 0.05) is 17.5 Å². The molecular formula is C14H24N2OS. The number of thiophene rings is 1. The van der Waals surface area contributed by atoms with Crippen molar-refractivity contribution in [3.8, 4) is 0 Å². The Morgan fingerprint density at radius 3 is 2.67 bits per heavy atom. The standard InChI is InChI=1S/C14H24N2OS/c1-5-16(9-13-7-6-8-18-13)10-14(17)15-12(4)11(2)3/h6-8,11-12H,5,9-10H2,1-4H3,(H,15,17). The molecule has 0 saturated carbocycles. The molecule has 1 N–H and O–H groups in total. The summed E-state index contributed by atoms with van der Waals surface area (Å²) in [5.74, 6) is 0.593. The van der Waals surface area contributed by atoms with Crippen molar-refractivity contribution in [2.75, 3.05) is 13.1 Å². The molecule has 1 aromatic rings. The molecule has 0 aliphatic rings. The average molecular weight is 268 g/mol. The highest BCUT2D eigenvalue weighted by Gasteiger charge is 2.14. The molecule has 0 aromatic carbocycles. The van der Waals surface area contributed by atoms with Gasteiger partial charge < -0.3 is 5.32 Å². The second-order valence-electron chi connectivity index (χ2n) is 4.98. The zero-order valence-electron chi connectivity index (χ0n) is 11.8. The summed E-state index contributed by atoms with van der Waals surface area (Å²) in [6, 6.07) is 4.40. The van der Waals surface area contributed by atoms with Gasteiger partial charge in [-0.3, -0.25) is 9.69 Å². The predicted molar refractivity (Wildman–Crippen MR) is 77.7 cm³/mol. The quantitative estimate of drug-likeness (QED) is 0.824. The summed E-state index contributed by atoms with van der Waals surface area (Å²) in [6.07, 6.45) is 0. The molecule has 0 fully saturated rings. The summed E-state index contributed by atoms with van der Waals surface area (Å²) < 4.78 is 0. The van der Waals surface area contributed by atoms with Crippen molar-refractivity contribution < 1.29 is 4.79 Å². The van der Waals surface area contributed by atoms with Gasteiger partial charge in [0.05, 0.1) is 6.54 Å². The Hall–Kier alpha value is -0.870. The van der Waals surface area contributed by atoms with Crippen LogP contribution in [-0.4, -0.2) is 29.9 Å². The third-order valence-corrected chi connectivity index (χ3v) is 4.02. The van der Waals surface area contributed by atoms with E-state index < -0.39 is 0 Å². The minimum Gasteiger partial charge on any atom is -0.352 e. The van der Waals surface area contributed by atoms with Crippen molar-refractivity contribution in [2.24, 2.45) is 5.92 Å². The van der Waals surface area contributed by atoms with Gasteiger partial charge in [-0.2, -0.15) is 0 Å². The molecule has 0 radical (unpaired) electrons. The van der Waals surface area contributed by atoms with E-state index in [1.165, 1.54) is 4.88 Å². The third kappa shape index (κ3) is 5.19. The monoisotopic (exact) mass is 268 g/mol. The van der Waals surface area contributed by atoms with Gasteiger partial charge in [-0.15, -0.1) is 11.3 Å². The minimum atomic E-state index is 0.120. The van der Waals surface area contributed by atoms with Crippen LogP contribution >= 0.6 is 11.3 Å². The number of likely N-dealkylation sites (N-methyl/N-ethyl adjacent to an activating group) is 1. The minimum absolute atomic E-state index is 0.120. The molecule has 18 heavy (non-hydrogen) atoms. The smallest absolute Gasteiger partial charge is 0.234 e. The SMILES string of the molecule is CCN(CC(=O)NC(C)C(C)C)Cc1cccs1. The maximum Gasteiger partial charge on any atom is 0.234 e. The van der Waals surface area contributed by atoms with Crippen LogP contribution in [0.2, 0.25) is 0 Å². The second-order valence-corrected chi connectivity index (χ2v) is 6.02. The van der Waals surface area contributed by atoms with E-state index in [0.29, 0.717) is 12.5 Å². The molecular weight excluding hydrogens is 244 g/mol. The number of rotatable bonds is 7. The molecule has 0 aliphatic carbocycles. The van der Waals surface area contributed by atoms with E-state index in [1.54, 1.807) is 11.3 Å². The number of carbonyl (C=O) groups is 1. The molecule has 0 saturated heterocycles. The zero-order valence-corrected chi connectivity index (χ0v) is 12.6. The van der Waals surface area contributed by atoms with Crippen LogP contribution in [0.25, 0.3) is 0 Å². The maximum atomic E-state index is 11.9. The number of hydrogen-bond acceptors (Lipinski definition) is 3. The topological polar surface area (TPSA) is 32.3 Å². The number of nitrogens with zero attached hydrogens (tertiary/aromatic N) is 1. The number of carbonyl (C=O) groups excluding carboxylic acids is 1. The van der Waals surface area contributed by atoms with E-state index in [9.17, 15) is 4.79 Å². The van der Waals surface area contributed by atoms with Gasteiger partial charge >= 0.3 is 0 Å². The lowest BCUT2D eigenvalue weighted by molar-refractivity contribution is -0.123. The Kier molecular flexibility index (Phi) is 6.36. The van der Waals surface area contributed by atoms with E-state index in [2.05, 4.69) is 55.4 Å². The highest BCUT2D eigenvalue weighted by atomic mass is 32.1. The zero-order chi connectivity index (χ0) is 13.5. The first-order chi connectivity index (χ1) is 8.52. The normalized spacial score (nSPS) is 13.0. The molecule has 0 spiro atoms. The first-order valence-corrected chi connectivity index (χ1v) is 7.45. The molecule has 1 heterocycles. The van der Waals surface area contributed by atoms with Crippen LogP contribution in [0.15, 0.2) is 17.5 Å². The van der Waals surface area contributed by atoms with Gasteiger partial charge in [-0.05, 0) is 30.8 Å². The van der Waals surface area contributed by atoms with E-state index in [4.69, 9.17) is 0 Å². The van der Waals surface area contributed by atoms with E-state index in [1.807, 2.05) is 0 Å². The van der Waals surface area contributed by atoms with Crippen molar-refractivity contribution in [1.29, 1.82) is 0 Å². The van der Waals surface area contributed by atoms with E-state index in [0.717, 1.165) is 13.1 Å². The van der Waals surface area contributed by atoms with Gasteiger partial charge in [-0.1, -0.05) is 26.8 Å². The first kappa shape index (κ1) is 15.2. The summed E-state index contributed by atoms with van der Waals surface area (Å²) in [5, 5.41) is 5.12. The van der Waals surface area contributed by atoms with Crippen molar-refractivity contribution in [3.63, 3.8) is 0 Å². The lowest BCUT2D eigenvalue weighted by Gasteiger charge is -2.22. The summed E-state index contributed by atoms with van der Waals surface area (Å²) >= 11 is 1.74. The van der Waals surface area contributed by atoms with Crippen molar-refractivity contribution in [1.82, 2.24) is 10.2 Å². The molecule has 1 aromatic heterocycles. The fraction of sp³-hybridized carbons (Fsp3) is 0.643. The van der Waals surface area contributed by atoms with Crippen molar-refractivity contribution in [2.45, 2.75) is 40.3 Å². The molecule has 1 rings (SSSR count). The highest BCUT2D eigenvalue weighted by molar-refractivity contribution is 7.09. The van der Waals surface area contributed by atoms with Crippen LogP contribution in [0.4, 0.5) is 0 Å². The van der Waals surface area contributed by atoms with E-state index in [-0.39, 0.29) is 11.9 Å². The maximum absolute atomic E-state index is 11.9. The molecule has 1 unspecified atom stereocenters. The molecule has 4 heteroatoms. The van der Waals surface area contributed by atoms with Gasteiger partial charge in [0.15, 0.2) is 0 Å². The lowest BCUT2D eigenvalue weighted by atomic mass is 10.1. The van der Waals surface area contributed by atoms with Crippen LogP contribution in [0.3, 0.4) is 0 Å². The third-order valence-electron chi connectivity index (χ3n) is 3.16. The van der Waals surface area contributed by atoms with E-state index >= 15 is 0 Å². The summed E-state index contributed by atoms with van der Waals surface area (Å²) in [7, 11) is 0. The number of amides is 1. The van der Waals surface area contributed by atoms with Gasteiger partial charge in [0.25, 0.3) is 0 Å². The second kappa shape index (κ2) is 7.54. The number of hydrogen-bond donors (Lipinski definition) is 1. The van der Waals surface area contributed by atoms with Crippen molar-refractivity contribution >= 4 is 17.2 Å². The van der Waals surface area contributed by atoms with Crippen molar-refractivity contribution in [3.05, 3.63) is 22.4 Å². The summed E-state index contributed by atoms with van der Waals surface area (Å²) in [4.78, 5) is 15.4. The fourth-order valence-electron chi connectivity index (χ4n) is 1.57. The summed E-state index contributed by atoms with van der Waals surface area (Å²) in [6.45, 7) is 10.6. The molecule has 0 bridgehead atoms. The van der Waals surface area contributed by atoms with Gasteiger partial charge in [0.1, 0.15) is 0 Å². The molecule has 0 aliphatic heterocycles.